The molecular formula is C15H20Cl4O2. The maximum Gasteiger partial charge on any atom is 0.123 e. The van der Waals surface area contributed by atoms with Gasteiger partial charge in [-0.1, -0.05) is 44.2 Å². The zero-order valence-electron chi connectivity index (χ0n) is 11.6. The predicted molar refractivity (Wildman–Crippen MR) is 98.3 cm³/mol. The Balaban J connectivity index is -0.000000810. The van der Waals surface area contributed by atoms with Gasteiger partial charge >= 0.3 is 0 Å². The molecule has 0 saturated carbocycles. The Bertz CT molecular complexity index is 545. The standard InChI is InChI=1S/C15H16O2.4ClH/c1-10(2)11-7-5-9-14(17)15(11)12-6-3-4-8-13(12)16;;;;/h3-10,16-17H,1-2H3;4*1H. The van der Waals surface area contributed by atoms with Crippen LogP contribution in [0.2, 0.25) is 0 Å². The quantitative estimate of drug-likeness (QED) is 0.721. The summed E-state index contributed by atoms with van der Waals surface area (Å²) in [6.45, 7) is 4.14. The highest BCUT2D eigenvalue weighted by Gasteiger charge is 2.15. The molecule has 0 aliphatic heterocycles. The maximum atomic E-state index is 10.0. The second-order valence-corrected chi connectivity index (χ2v) is 4.41. The summed E-state index contributed by atoms with van der Waals surface area (Å²) in [5, 5.41) is 19.9. The van der Waals surface area contributed by atoms with Crippen molar-refractivity contribution < 1.29 is 10.2 Å². The summed E-state index contributed by atoms with van der Waals surface area (Å²) in [5.74, 6) is 0.685. The number of phenolic OH excluding ortho intramolecular Hbond substituents is 2. The van der Waals surface area contributed by atoms with Gasteiger partial charge in [0.2, 0.25) is 0 Å². The third kappa shape index (κ3) is 5.48. The molecule has 0 aromatic heterocycles. The van der Waals surface area contributed by atoms with Crippen LogP contribution in [0.5, 0.6) is 11.5 Å². The van der Waals surface area contributed by atoms with Gasteiger partial charge in [0.1, 0.15) is 11.5 Å². The monoisotopic (exact) mass is 372 g/mol. The summed E-state index contributed by atoms with van der Waals surface area (Å²) in [6, 6.07) is 12.5. The lowest BCUT2D eigenvalue weighted by Crippen LogP contribution is -1.93. The minimum Gasteiger partial charge on any atom is -0.507 e. The first-order chi connectivity index (χ1) is 8.11. The lowest BCUT2D eigenvalue weighted by Gasteiger charge is -2.15. The summed E-state index contributed by atoms with van der Waals surface area (Å²) in [6.07, 6.45) is 0. The molecule has 0 unspecified atom stereocenters. The van der Waals surface area contributed by atoms with E-state index in [-0.39, 0.29) is 67.0 Å². The fourth-order valence-electron chi connectivity index (χ4n) is 2.02. The number of phenols is 2. The van der Waals surface area contributed by atoms with Gasteiger partial charge in [-0.25, -0.2) is 0 Å². The summed E-state index contributed by atoms with van der Waals surface area (Å²) in [4.78, 5) is 0. The molecule has 2 rings (SSSR count). The second-order valence-electron chi connectivity index (χ2n) is 4.41. The van der Waals surface area contributed by atoms with Gasteiger partial charge in [0.25, 0.3) is 0 Å². The van der Waals surface area contributed by atoms with E-state index >= 15 is 0 Å². The van der Waals surface area contributed by atoms with Gasteiger partial charge < -0.3 is 10.2 Å². The van der Waals surface area contributed by atoms with Crippen molar-refractivity contribution in [3.05, 3.63) is 48.0 Å². The average Bonchev–Trinajstić information content (AvgIpc) is 2.30. The Morgan fingerprint density at radius 1 is 0.714 bits per heavy atom. The van der Waals surface area contributed by atoms with Crippen LogP contribution in [-0.4, -0.2) is 10.2 Å². The van der Waals surface area contributed by atoms with E-state index in [1.807, 2.05) is 24.3 Å². The van der Waals surface area contributed by atoms with Crippen molar-refractivity contribution in [3.8, 4) is 22.6 Å². The van der Waals surface area contributed by atoms with Crippen LogP contribution in [0.3, 0.4) is 0 Å². The van der Waals surface area contributed by atoms with Crippen molar-refractivity contribution in [3.63, 3.8) is 0 Å². The summed E-state index contributed by atoms with van der Waals surface area (Å²) >= 11 is 0. The van der Waals surface area contributed by atoms with Crippen molar-refractivity contribution in [2.75, 3.05) is 0 Å². The van der Waals surface area contributed by atoms with Crippen LogP contribution in [0.4, 0.5) is 0 Å². The fraction of sp³-hybridized carbons (Fsp3) is 0.200. The number of hydrogen-bond donors (Lipinski definition) is 2. The topological polar surface area (TPSA) is 40.5 Å². The van der Waals surface area contributed by atoms with Crippen molar-refractivity contribution in [1.29, 1.82) is 0 Å². The molecule has 0 aliphatic carbocycles. The molecule has 0 bridgehead atoms. The van der Waals surface area contributed by atoms with Crippen LogP contribution in [0.15, 0.2) is 42.5 Å². The zero-order valence-corrected chi connectivity index (χ0v) is 14.9. The molecule has 2 N–H and O–H groups in total. The molecule has 21 heavy (non-hydrogen) atoms. The largest absolute Gasteiger partial charge is 0.507 e. The van der Waals surface area contributed by atoms with Crippen molar-refractivity contribution in [1.82, 2.24) is 0 Å². The van der Waals surface area contributed by atoms with Crippen LogP contribution in [-0.2, 0) is 0 Å². The van der Waals surface area contributed by atoms with E-state index in [4.69, 9.17) is 0 Å². The first-order valence-corrected chi connectivity index (χ1v) is 5.71. The number of halogens is 4. The molecule has 6 heteroatoms. The molecule has 0 amide bonds. The molecule has 0 saturated heterocycles. The van der Waals surface area contributed by atoms with Crippen LogP contribution >= 0.6 is 49.6 Å². The molecule has 2 aromatic carbocycles. The molecule has 120 valence electrons. The van der Waals surface area contributed by atoms with E-state index in [1.165, 1.54) is 0 Å². The molecule has 0 spiro atoms. The first kappa shape index (κ1) is 25.2. The van der Waals surface area contributed by atoms with Gasteiger partial charge in [-0.15, -0.1) is 49.6 Å². The second kappa shape index (κ2) is 10.9. The molecule has 2 aromatic rings. The minimum atomic E-state index is 0. The van der Waals surface area contributed by atoms with Crippen molar-refractivity contribution in [2.45, 2.75) is 19.8 Å². The number of aromatic hydroxyl groups is 2. The van der Waals surface area contributed by atoms with Crippen molar-refractivity contribution in [2.24, 2.45) is 0 Å². The molecule has 0 fully saturated rings. The first-order valence-electron chi connectivity index (χ1n) is 5.71. The van der Waals surface area contributed by atoms with E-state index < -0.39 is 0 Å². The average molecular weight is 374 g/mol. The normalized spacial score (nSPS) is 8.71. The van der Waals surface area contributed by atoms with Crippen LogP contribution in [0, 0.1) is 0 Å². The van der Waals surface area contributed by atoms with Gasteiger partial charge in [-0.05, 0) is 23.6 Å². The van der Waals surface area contributed by atoms with Gasteiger partial charge in [-0.3, -0.25) is 0 Å². The Kier molecular flexibility index (Phi) is 13.0. The number of rotatable bonds is 2. The Morgan fingerprint density at radius 3 is 1.76 bits per heavy atom. The van der Waals surface area contributed by atoms with Gasteiger partial charge in [0.05, 0.1) is 0 Å². The highest BCUT2D eigenvalue weighted by Crippen LogP contribution is 2.40. The summed E-state index contributed by atoms with van der Waals surface area (Å²) < 4.78 is 0. The van der Waals surface area contributed by atoms with E-state index in [9.17, 15) is 10.2 Å². The fourth-order valence-corrected chi connectivity index (χ4v) is 2.02. The van der Waals surface area contributed by atoms with Crippen LogP contribution in [0.1, 0.15) is 25.3 Å². The number of benzene rings is 2. The smallest absolute Gasteiger partial charge is 0.123 e. The minimum absolute atomic E-state index is 0. The van der Waals surface area contributed by atoms with Crippen LogP contribution in [0.25, 0.3) is 11.1 Å². The third-order valence-corrected chi connectivity index (χ3v) is 2.87. The van der Waals surface area contributed by atoms with E-state index in [0.29, 0.717) is 5.56 Å². The van der Waals surface area contributed by atoms with E-state index in [1.54, 1.807) is 18.2 Å². The van der Waals surface area contributed by atoms with Crippen molar-refractivity contribution >= 4 is 49.6 Å². The number of hydrogen-bond acceptors (Lipinski definition) is 2. The molecule has 0 aliphatic rings. The molecular weight excluding hydrogens is 354 g/mol. The molecule has 0 radical (unpaired) electrons. The van der Waals surface area contributed by atoms with Crippen LogP contribution < -0.4 is 0 Å². The molecule has 0 atom stereocenters. The maximum absolute atomic E-state index is 10.0. The lowest BCUT2D eigenvalue weighted by molar-refractivity contribution is 0.468. The predicted octanol–water partition coefficient (Wildman–Crippen LogP) is 5.58. The van der Waals surface area contributed by atoms with E-state index in [2.05, 4.69) is 13.8 Å². The molecule has 0 heterocycles. The zero-order chi connectivity index (χ0) is 12.4. The lowest BCUT2D eigenvalue weighted by atomic mass is 9.91. The highest BCUT2D eigenvalue weighted by atomic mass is 35.5. The summed E-state index contributed by atoms with van der Waals surface area (Å²) in [7, 11) is 0. The Labute approximate surface area is 150 Å². The summed E-state index contributed by atoms with van der Waals surface area (Å²) in [5.41, 5.74) is 2.43. The third-order valence-electron chi connectivity index (χ3n) is 2.87. The molecule has 2 nitrogen and oxygen atoms in total. The Hall–Kier alpha value is -0.800. The van der Waals surface area contributed by atoms with Gasteiger partial charge in [0.15, 0.2) is 0 Å². The van der Waals surface area contributed by atoms with E-state index in [0.717, 1.165) is 11.1 Å². The SMILES string of the molecule is CC(C)c1cccc(O)c1-c1ccccc1O.Cl.Cl.Cl.Cl. The van der Waals surface area contributed by atoms with Gasteiger partial charge in [-0.2, -0.15) is 0 Å². The van der Waals surface area contributed by atoms with Gasteiger partial charge in [0, 0.05) is 11.1 Å². The number of para-hydroxylation sites is 1. The Morgan fingerprint density at radius 2 is 1.24 bits per heavy atom. The highest BCUT2D eigenvalue weighted by molar-refractivity contribution is 5.86.